The molecule has 0 spiro atoms. The SMILES string of the molecule is O=C(CN1CCN(C/C=C/c2ccc3c(c2)OCO3)CC1)N1CCCC1. The van der Waals surface area contributed by atoms with E-state index < -0.39 is 0 Å². The first-order chi connectivity index (χ1) is 12.8. The number of nitrogens with zero attached hydrogens (tertiary/aromatic N) is 3. The van der Waals surface area contributed by atoms with Gasteiger partial charge in [-0.15, -0.1) is 0 Å². The lowest BCUT2D eigenvalue weighted by Crippen LogP contribution is -2.49. The van der Waals surface area contributed by atoms with E-state index in [1.54, 1.807) is 0 Å². The normalized spacial score (nSPS) is 21.0. The molecule has 0 radical (unpaired) electrons. The molecule has 1 aromatic carbocycles. The molecule has 2 saturated heterocycles. The molecular weight excluding hydrogens is 330 g/mol. The van der Waals surface area contributed by atoms with E-state index in [4.69, 9.17) is 9.47 Å². The van der Waals surface area contributed by atoms with Crippen molar-refractivity contribution in [2.24, 2.45) is 0 Å². The number of carbonyl (C=O) groups is 1. The van der Waals surface area contributed by atoms with Gasteiger partial charge in [0.25, 0.3) is 0 Å². The Kier molecular flexibility index (Phi) is 5.41. The first kappa shape index (κ1) is 17.4. The molecule has 0 aromatic heterocycles. The summed E-state index contributed by atoms with van der Waals surface area (Å²) in [5, 5.41) is 0. The summed E-state index contributed by atoms with van der Waals surface area (Å²) < 4.78 is 10.7. The highest BCUT2D eigenvalue weighted by Crippen LogP contribution is 2.32. The van der Waals surface area contributed by atoms with Gasteiger partial charge in [0.1, 0.15) is 0 Å². The summed E-state index contributed by atoms with van der Waals surface area (Å²) in [5.74, 6) is 1.95. The maximum absolute atomic E-state index is 12.2. The van der Waals surface area contributed by atoms with E-state index in [0.29, 0.717) is 19.2 Å². The van der Waals surface area contributed by atoms with Crippen LogP contribution in [0.25, 0.3) is 6.08 Å². The van der Waals surface area contributed by atoms with Gasteiger partial charge in [-0.25, -0.2) is 0 Å². The molecule has 3 aliphatic rings. The lowest BCUT2D eigenvalue weighted by atomic mass is 10.2. The molecule has 140 valence electrons. The topological polar surface area (TPSA) is 45.3 Å². The number of benzene rings is 1. The summed E-state index contributed by atoms with van der Waals surface area (Å²) >= 11 is 0. The zero-order valence-electron chi connectivity index (χ0n) is 15.2. The zero-order valence-corrected chi connectivity index (χ0v) is 15.2. The molecule has 3 aliphatic heterocycles. The molecule has 0 unspecified atom stereocenters. The van der Waals surface area contributed by atoms with Crippen molar-refractivity contribution in [3.8, 4) is 11.5 Å². The van der Waals surface area contributed by atoms with Crippen LogP contribution in [0.5, 0.6) is 11.5 Å². The van der Waals surface area contributed by atoms with Crippen molar-refractivity contribution in [3.05, 3.63) is 29.8 Å². The monoisotopic (exact) mass is 357 g/mol. The zero-order chi connectivity index (χ0) is 17.8. The second-order valence-electron chi connectivity index (χ2n) is 7.18. The summed E-state index contributed by atoms with van der Waals surface area (Å²) in [7, 11) is 0. The maximum Gasteiger partial charge on any atom is 0.236 e. The third-order valence-corrected chi connectivity index (χ3v) is 5.35. The van der Waals surface area contributed by atoms with Crippen LogP contribution >= 0.6 is 0 Å². The largest absolute Gasteiger partial charge is 0.454 e. The van der Waals surface area contributed by atoms with Crippen LogP contribution in [0.3, 0.4) is 0 Å². The van der Waals surface area contributed by atoms with Crippen LogP contribution in [0.4, 0.5) is 0 Å². The van der Waals surface area contributed by atoms with Gasteiger partial charge in [-0.05, 0) is 30.5 Å². The molecular formula is C20H27N3O3. The number of fused-ring (bicyclic) bond motifs is 1. The van der Waals surface area contributed by atoms with E-state index >= 15 is 0 Å². The van der Waals surface area contributed by atoms with Crippen molar-refractivity contribution in [1.29, 1.82) is 0 Å². The molecule has 1 aromatic rings. The van der Waals surface area contributed by atoms with Crippen molar-refractivity contribution in [2.45, 2.75) is 12.8 Å². The fourth-order valence-electron chi connectivity index (χ4n) is 3.74. The summed E-state index contributed by atoms with van der Waals surface area (Å²) in [5.41, 5.74) is 1.13. The Balaban J connectivity index is 1.19. The highest BCUT2D eigenvalue weighted by Gasteiger charge is 2.23. The van der Waals surface area contributed by atoms with Crippen molar-refractivity contribution >= 4 is 12.0 Å². The molecule has 0 N–H and O–H groups in total. The molecule has 0 aliphatic carbocycles. The number of amides is 1. The molecule has 4 rings (SSSR count). The van der Waals surface area contributed by atoms with Crippen LogP contribution in [0.2, 0.25) is 0 Å². The van der Waals surface area contributed by atoms with Crippen molar-refractivity contribution in [3.63, 3.8) is 0 Å². The first-order valence-corrected chi connectivity index (χ1v) is 9.56. The lowest BCUT2D eigenvalue weighted by Gasteiger charge is -2.34. The molecule has 26 heavy (non-hydrogen) atoms. The van der Waals surface area contributed by atoms with Crippen molar-refractivity contribution in [2.75, 3.05) is 59.2 Å². The third kappa shape index (κ3) is 4.19. The van der Waals surface area contributed by atoms with Gasteiger partial charge in [-0.1, -0.05) is 18.2 Å². The quantitative estimate of drug-likeness (QED) is 0.802. The van der Waals surface area contributed by atoms with Gasteiger partial charge in [0.15, 0.2) is 11.5 Å². The summed E-state index contributed by atoms with van der Waals surface area (Å²) in [6.45, 7) is 7.69. The predicted octanol–water partition coefficient (Wildman–Crippen LogP) is 1.67. The van der Waals surface area contributed by atoms with E-state index in [9.17, 15) is 4.79 Å². The summed E-state index contributed by atoms with van der Waals surface area (Å²) in [6.07, 6.45) is 6.65. The lowest BCUT2D eigenvalue weighted by molar-refractivity contribution is -0.131. The van der Waals surface area contributed by atoms with Crippen molar-refractivity contribution < 1.29 is 14.3 Å². The predicted molar refractivity (Wildman–Crippen MR) is 100 cm³/mol. The van der Waals surface area contributed by atoms with Gasteiger partial charge in [0, 0.05) is 45.8 Å². The minimum atomic E-state index is 0.304. The molecule has 0 bridgehead atoms. The number of hydrogen-bond donors (Lipinski definition) is 0. The third-order valence-electron chi connectivity index (χ3n) is 5.35. The van der Waals surface area contributed by atoms with Crippen LogP contribution in [0.15, 0.2) is 24.3 Å². The number of likely N-dealkylation sites (tertiary alicyclic amines) is 1. The summed E-state index contributed by atoms with van der Waals surface area (Å²) in [4.78, 5) is 19.0. The Labute approximate surface area is 155 Å². The highest BCUT2D eigenvalue weighted by atomic mass is 16.7. The minimum Gasteiger partial charge on any atom is -0.454 e. The Bertz CT molecular complexity index is 662. The van der Waals surface area contributed by atoms with Gasteiger partial charge < -0.3 is 14.4 Å². The van der Waals surface area contributed by atoms with Crippen LogP contribution in [0, 0.1) is 0 Å². The van der Waals surface area contributed by atoms with Crippen LogP contribution in [-0.2, 0) is 4.79 Å². The molecule has 6 nitrogen and oxygen atoms in total. The Morgan fingerprint density at radius 1 is 0.962 bits per heavy atom. The van der Waals surface area contributed by atoms with Gasteiger partial charge in [0.05, 0.1) is 6.54 Å². The van der Waals surface area contributed by atoms with Crippen molar-refractivity contribution in [1.82, 2.24) is 14.7 Å². The Morgan fingerprint density at radius 2 is 1.69 bits per heavy atom. The molecule has 0 atom stereocenters. The molecule has 6 heteroatoms. The smallest absolute Gasteiger partial charge is 0.236 e. The van der Waals surface area contributed by atoms with Crippen LogP contribution in [-0.4, -0.2) is 79.8 Å². The van der Waals surface area contributed by atoms with Crippen LogP contribution in [0.1, 0.15) is 18.4 Å². The Morgan fingerprint density at radius 3 is 2.50 bits per heavy atom. The Hall–Kier alpha value is -2.05. The number of hydrogen-bond acceptors (Lipinski definition) is 5. The average Bonchev–Trinajstić information content (AvgIpc) is 3.34. The second kappa shape index (κ2) is 8.10. The molecule has 3 heterocycles. The number of carbonyl (C=O) groups excluding carboxylic acids is 1. The van der Waals surface area contributed by atoms with Gasteiger partial charge in [-0.2, -0.15) is 0 Å². The summed E-state index contributed by atoms with van der Waals surface area (Å²) in [6, 6.07) is 6.02. The minimum absolute atomic E-state index is 0.304. The highest BCUT2D eigenvalue weighted by molar-refractivity contribution is 5.78. The second-order valence-corrected chi connectivity index (χ2v) is 7.18. The maximum atomic E-state index is 12.2. The fraction of sp³-hybridized carbons (Fsp3) is 0.550. The van der Waals surface area contributed by atoms with E-state index in [1.807, 2.05) is 23.1 Å². The van der Waals surface area contributed by atoms with E-state index in [2.05, 4.69) is 22.0 Å². The van der Waals surface area contributed by atoms with Gasteiger partial charge >= 0.3 is 0 Å². The molecule has 1 amide bonds. The average molecular weight is 357 g/mol. The standard InChI is InChI=1S/C20H27N3O3/c24-20(23-8-1-2-9-23)15-22-12-10-21(11-13-22)7-3-4-17-5-6-18-19(14-17)26-16-25-18/h3-6,14H,1-2,7-13,15-16H2/b4-3+. The fourth-order valence-corrected chi connectivity index (χ4v) is 3.74. The number of piperazine rings is 1. The first-order valence-electron chi connectivity index (χ1n) is 9.56. The number of rotatable bonds is 5. The van der Waals surface area contributed by atoms with Gasteiger partial charge in [-0.3, -0.25) is 14.6 Å². The number of ether oxygens (including phenoxy) is 2. The molecule has 0 saturated carbocycles. The van der Waals surface area contributed by atoms with Crippen LogP contribution < -0.4 is 9.47 Å². The van der Waals surface area contributed by atoms with E-state index in [0.717, 1.165) is 75.7 Å². The van der Waals surface area contributed by atoms with Gasteiger partial charge in [0.2, 0.25) is 12.7 Å². The van der Waals surface area contributed by atoms with E-state index in [1.165, 1.54) is 0 Å². The molecule has 2 fully saturated rings. The van der Waals surface area contributed by atoms with E-state index in [-0.39, 0.29) is 0 Å².